The average molecular weight is 537 g/mol. The lowest BCUT2D eigenvalue weighted by Gasteiger charge is -2.37. The van der Waals surface area contributed by atoms with Crippen LogP contribution in [0.15, 0.2) is 39.8 Å². The van der Waals surface area contributed by atoms with E-state index >= 15 is 0 Å². The summed E-state index contributed by atoms with van der Waals surface area (Å²) in [5.74, 6) is 0.0436. The van der Waals surface area contributed by atoms with Crippen LogP contribution < -0.4 is 10.2 Å². The first-order chi connectivity index (χ1) is 16.2. The number of anilines is 1. The number of nitrogens with one attached hydrogen (secondary N) is 1. The Morgan fingerprint density at radius 1 is 1.18 bits per heavy atom. The molecule has 0 radical (unpaired) electrons. The number of nitrogens with zero attached hydrogens (tertiary/aromatic N) is 3. The van der Waals surface area contributed by atoms with Crippen LogP contribution in [0.2, 0.25) is 0 Å². The van der Waals surface area contributed by atoms with E-state index in [-0.39, 0.29) is 18.4 Å². The van der Waals surface area contributed by atoms with Crippen molar-refractivity contribution in [2.45, 2.75) is 56.3 Å². The Bertz CT molecular complexity index is 1160. The number of aliphatic hydroxyl groups is 1. The summed E-state index contributed by atoms with van der Waals surface area (Å²) in [6.07, 6.45) is -1.08. The molecular weight excluding hydrogens is 513 g/mol. The summed E-state index contributed by atoms with van der Waals surface area (Å²) < 4.78 is 40.7. The lowest BCUT2D eigenvalue weighted by molar-refractivity contribution is -0.141. The van der Waals surface area contributed by atoms with Crippen LogP contribution in [0, 0.1) is 0 Å². The number of benzene rings is 1. The van der Waals surface area contributed by atoms with E-state index in [1.807, 2.05) is 18.2 Å². The van der Waals surface area contributed by atoms with Gasteiger partial charge >= 0.3 is 6.18 Å². The number of hydrogen-bond acceptors (Lipinski definition) is 5. The SMILES string of the molecule is O=C1NC(c2ccc(C(F)(F)F)nc2C2CCC2)=NC12CCN(c1cc(Br)ccc1CO)CC2. The molecular formula is C24H24BrF3N4O2. The molecule has 1 amide bonds. The zero-order valence-corrected chi connectivity index (χ0v) is 19.9. The van der Waals surface area contributed by atoms with E-state index in [4.69, 9.17) is 4.99 Å². The summed E-state index contributed by atoms with van der Waals surface area (Å²) in [4.78, 5) is 23.9. The maximum absolute atomic E-state index is 13.3. The van der Waals surface area contributed by atoms with Gasteiger partial charge in [0, 0.05) is 40.3 Å². The van der Waals surface area contributed by atoms with Crippen LogP contribution >= 0.6 is 15.9 Å². The molecule has 2 fully saturated rings. The molecule has 0 bridgehead atoms. The molecule has 10 heteroatoms. The quantitative estimate of drug-likeness (QED) is 0.601. The minimum absolute atomic E-state index is 0.0521. The van der Waals surface area contributed by atoms with Crippen molar-refractivity contribution >= 4 is 33.4 Å². The average Bonchev–Trinajstić information content (AvgIpc) is 3.08. The number of pyridine rings is 1. The van der Waals surface area contributed by atoms with Gasteiger partial charge in [-0.2, -0.15) is 13.2 Å². The van der Waals surface area contributed by atoms with Gasteiger partial charge < -0.3 is 15.3 Å². The number of amides is 1. The standard InChI is InChI=1S/C24H24BrF3N4O2/c25-16-5-4-15(13-33)18(12-16)32-10-8-23(9-11-32)22(34)30-21(31-23)17-6-7-19(24(26,27)28)29-20(17)14-2-1-3-14/h4-7,12,14,33H,1-3,8-11,13H2,(H,30,31,34). The molecule has 5 rings (SSSR count). The van der Waals surface area contributed by atoms with Crippen molar-refractivity contribution in [1.82, 2.24) is 10.3 Å². The molecule has 1 spiro atoms. The second-order valence-corrected chi connectivity index (χ2v) is 10.0. The number of halogens is 4. The summed E-state index contributed by atoms with van der Waals surface area (Å²) in [5, 5.41) is 12.6. The third-order valence-electron chi connectivity index (χ3n) is 7.09. The minimum Gasteiger partial charge on any atom is -0.392 e. The van der Waals surface area contributed by atoms with Crippen LogP contribution in [0.1, 0.15) is 60.5 Å². The van der Waals surface area contributed by atoms with Gasteiger partial charge in [0.25, 0.3) is 5.91 Å². The molecule has 180 valence electrons. The van der Waals surface area contributed by atoms with E-state index in [2.05, 4.69) is 31.1 Å². The van der Waals surface area contributed by atoms with Crippen molar-refractivity contribution in [3.63, 3.8) is 0 Å². The molecule has 34 heavy (non-hydrogen) atoms. The third kappa shape index (κ3) is 4.11. The first kappa shape index (κ1) is 23.3. The predicted molar refractivity (Wildman–Crippen MR) is 125 cm³/mol. The lowest BCUT2D eigenvalue weighted by Crippen LogP contribution is -2.49. The fourth-order valence-electron chi connectivity index (χ4n) is 4.89. The zero-order chi connectivity index (χ0) is 24.1. The number of aliphatic hydroxyl groups excluding tert-OH is 1. The molecule has 2 N–H and O–H groups in total. The highest BCUT2D eigenvalue weighted by molar-refractivity contribution is 9.10. The first-order valence-corrected chi connectivity index (χ1v) is 12.1. The second-order valence-electron chi connectivity index (χ2n) is 9.12. The van der Waals surface area contributed by atoms with Crippen LogP contribution in [-0.2, 0) is 17.6 Å². The largest absolute Gasteiger partial charge is 0.433 e. The number of rotatable bonds is 4. The number of amidine groups is 1. The molecule has 1 saturated heterocycles. The summed E-state index contributed by atoms with van der Waals surface area (Å²) in [7, 11) is 0. The monoisotopic (exact) mass is 536 g/mol. The number of carbonyl (C=O) groups is 1. The number of alkyl halides is 3. The molecule has 2 aromatic rings. The Morgan fingerprint density at radius 3 is 2.53 bits per heavy atom. The van der Waals surface area contributed by atoms with E-state index in [9.17, 15) is 23.1 Å². The first-order valence-electron chi connectivity index (χ1n) is 11.3. The molecule has 1 aliphatic carbocycles. The molecule has 0 unspecified atom stereocenters. The topological polar surface area (TPSA) is 77.8 Å². The molecule has 3 aliphatic rings. The molecule has 1 aromatic heterocycles. The van der Waals surface area contributed by atoms with Gasteiger partial charge in [0.05, 0.1) is 12.3 Å². The third-order valence-corrected chi connectivity index (χ3v) is 7.58. The van der Waals surface area contributed by atoms with Crippen LogP contribution in [0.3, 0.4) is 0 Å². The van der Waals surface area contributed by atoms with Gasteiger partial charge in [0.2, 0.25) is 0 Å². The van der Waals surface area contributed by atoms with E-state index in [0.717, 1.165) is 41.1 Å². The van der Waals surface area contributed by atoms with E-state index in [0.29, 0.717) is 43.0 Å². The molecule has 1 saturated carbocycles. The number of hydrogen-bond donors (Lipinski definition) is 2. The molecule has 3 heterocycles. The highest BCUT2D eigenvalue weighted by Gasteiger charge is 2.47. The normalized spacial score (nSPS) is 20.3. The van der Waals surface area contributed by atoms with Crippen LogP contribution in [0.5, 0.6) is 0 Å². The minimum atomic E-state index is -4.52. The van der Waals surface area contributed by atoms with Gasteiger partial charge in [-0.05, 0) is 49.9 Å². The van der Waals surface area contributed by atoms with Gasteiger partial charge in [-0.15, -0.1) is 0 Å². The Labute approximate surface area is 203 Å². The Kier molecular flexibility index (Phi) is 5.92. The molecule has 1 aromatic carbocycles. The highest BCUT2D eigenvalue weighted by Crippen LogP contribution is 2.40. The summed E-state index contributed by atoms with van der Waals surface area (Å²) >= 11 is 3.47. The maximum Gasteiger partial charge on any atom is 0.433 e. The summed E-state index contributed by atoms with van der Waals surface area (Å²) in [6, 6.07) is 8.04. The maximum atomic E-state index is 13.3. The summed E-state index contributed by atoms with van der Waals surface area (Å²) in [5.41, 5.74) is 0.710. The van der Waals surface area contributed by atoms with E-state index < -0.39 is 17.4 Å². The number of piperidine rings is 1. The van der Waals surface area contributed by atoms with Crippen molar-refractivity contribution in [2.75, 3.05) is 18.0 Å². The fourth-order valence-corrected chi connectivity index (χ4v) is 5.24. The lowest BCUT2D eigenvalue weighted by atomic mass is 9.80. The van der Waals surface area contributed by atoms with Crippen molar-refractivity contribution in [1.29, 1.82) is 0 Å². The van der Waals surface area contributed by atoms with Gasteiger partial charge in [-0.3, -0.25) is 9.79 Å². The van der Waals surface area contributed by atoms with Gasteiger partial charge in [-0.25, -0.2) is 4.98 Å². The van der Waals surface area contributed by atoms with E-state index in [1.54, 1.807) is 0 Å². The molecule has 0 atom stereocenters. The van der Waals surface area contributed by atoms with Crippen molar-refractivity contribution in [2.24, 2.45) is 4.99 Å². The smallest absolute Gasteiger partial charge is 0.392 e. The number of aliphatic imine (C=N–C) groups is 1. The zero-order valence-electron chi connectivity index (χ0n) is 18.3. The molecule has 2 aliphatic heterocycles. The Hall–Kier alpha value is -2.46. The highest BCUT2D eigenvalue weighted by atomic mass is 79.9. The fraction of sp³-hybridized carbons (Fsp3) is 0.458. The van der Waals surface area contributed by atoms with Gasteiger partial charge in [0.15, 0.2) is 0 Å². The Morgan fingerprint density at radius 2 is 1.91 bits per heavy atom. The van der Waals surface area contributed by atoms with Gasteiger partial charge in [0.1, 0.15) is 17.1 Å². The van der Waals surface area contributed by atoms with Crippen molar-refractivity contribution < 1.29 is 23.1 Å². The van der Waals surface area contributed by atoms with Crippen LogP contribution in [-0.4, -0.2) is 40.5 Å². The van der Waals surface area contributed by atoms with Crippen molar-refractivity contribution in [3.8, 4) is 0 Å². The summed E-state index contributed by atoms with van der Waals surface area (Å²) in [6.45, 7) is 1.04. The number of aromatic nitrogens is 1. The van der Waals surface area contributed by atoms with Gasteiger partial charge in [-0.1, -0.05) is 28.4 Å². The molecule has 6 nitrogen and oxygen atoms in total. The Balaban J connectivity index is 1.42. The predicted octanol–water partition coefficient (Wildman–Crippen LogP) is 4.54. The van der Waals surface area contributed by atoms with Crippen LogP contribution in [0.4, 0.5) is 18.9 Å². The number of carbonyl (C=O) groups excluding carboxylic acids is 1. The second kappa shape index (κ2) is 8.64. The van der Waals surface area contributed by atoms with E-state index in [1.165, 1.54) is 6.07 Å². The van der Waals surface area contributed by atoms with Crippen molar-refractivity contribution in [3.05, 3.63) is 57.3 Å². The van der Waals surface area contributed by atoms with Crippen LogP contribution in [0.25, 0.3) is 0 Å².